The molecule has 21 heavy (non-hydrogen) atoms. The SMILES string of the molecule is [2H]C([2H])([2H])C([2H])([2H])OCC(=O)N[C@@H](CCC(=O)C=[N+]=[N-])C(=O)OC([2H])(C([2H])([2H])[2H])C([2H])([2H])[2H]. The highest BCUT2D eigenvalue weighted by Gasteiger charge is 2.24. The van der Waals surface area contributed by atoms with Gasteiger partial charge in [0, 0.05) is 25.3 Å². The molecule has 0 saturated heterocycles. The summed E-state index contributed by atoms with van der Waals surface area (Å²) in [6, 6.07) is -1.94. The minimum absolute atomic E-state index is 0.442. The molecular formula is C13H21N3O5. The first kappa shape index (κ1) is 6.81. The molecule has 0 aromatic rings. The van der Waals surface area contributed by atoms with Crippen molar-refractivity contribution in [1.82, 2.24) is 5.32 Å². The summed E-state index contributed by atoms with van der Waals surface area (Å²) in [6.07, 6.45) is -4.56. The lowest BCUT2D eigenvalue weighted by molar-refractivity contribution is -0.152. The molecule has 0 aliphatic rings. The first-order chi connectivity index (χ1) is 14.6. The molecule has 0 fully saturated rings. The Labute approximate surface area is 140 Å². The van der Waals surface area contributed by atoms with Crippen LogP contribution in [0.25, 0.3) is 5.53 Å². The average Bonchev–Trinajstić information content (AvgIpc) is 2.60. The molecular weight excluding hydrogens is 278 g/mol. The summed E-state index contributed by atoms with van der Waals surface area (Å²) in [4.78, 5) is 38.5. The molecule has 1 atom stereocenters. The Morgan fingerprint density at radius 1 is 1.52 bits per heavy atom. The zero-order chi connectivity index (χ0) is 26.5. The fraction of sp³-hybridized carbons (Fsp3) is 0.692. The molecule has 0 heterocycles. The molecule has 1 N–H and O–H groups in total. The smallest absolute Gasteiger partial charge is 0.328 e. The van der Waals surface area contributed by atoms with Crippen molar-refractivity contribution < 1.29 is 45.1 Å². The maximum Gasteiger partial charge on any atom is 0.328 e. The molecule has 0 radical (unpaired) electrons. The van der Waals surface area contributed by atoms with Gasteiger partial charge in [-0.1, -0.05) is 0 Å². The second-order valence-corrected chi connectivity index (χ2v) is 3.51. The van der Waals surface area contributed by atoms with Crippen LogP contribution in [-0.4, -0.2) is 54.0 Å². The normalized spacial score (nSPS) is 22.9. The van der Waals surface area contributed by atoms with Gasteiger partial charge in [-0.15, -0.1) is 0 Å². The Hall–Kier alpha value is -2.05. The number of Topliss-reactive ketones (excluding diaryl/α,β-unsaturated/α-hetero) is 1. The van der Waals surface area contributed by atoms with Crippen LogP contribution in [0.15, 0.2) is 0 Å². The molecule has 1 amide bonds. The number of carbonyl (C=O) groups excluding carboxylic acids is 3. The summed E-state index contributed by atoms with van der Waals surface area (Å²) in [6.45, 7) is -15.1. The van der Waals surface area contributed by atoms with Crippen LogP contribution in [0.1, 0.15) is 49.8 Å². The first-order valence-electron chi connectivity index (χ1n) is 11.5. The van der Waals surface area contributed by atoms with Gasteiger partial charge in [-0.3, -0.25) is 9.59 Å². The van der Waals surface area contributed by atoms with E-state index in [2.05, 4.69) is 14.3 Å². The van der Waals surface area contributed by atoms with Crippen LogP contribution in [0, 0.1) is 0 Å². The first-order valence-corrected chi connectivity index (χ1v) is 5.45. The molecule has 0 aromatic heterocycles. The van der Waals surface area contributed by atoms with E-state index >= 15 is 0 Å². The molecule has 0 aromatic carbocycles. The summed E-state index contributed by atoms with van der Waals surface area (Å²) >= 11 is 0. The quantitative estimate of drug-likeness (QED) is 0.266. The van der Waals surface area contributed by atoms with Crippen molar-refractivity contribution in [1.29, 1.82) is 0 Å². The van der Waals surface area contributed by atoms with E-state index in [0.717, 1.165) is 0 Å². The van der Waals surface area contributed by atoms with Crippen molar-refractivity contribution in [3.05, 3.63) is 5.53 Å². The zero-order valence-corrected chi connectivity index (χ0v) is 10.7. The minimum atomic E-state index is -3.74. The second-order valence-electron chi connectivity index (χ2n) is 3.51. The lowest BCUT2D eigenvalue weighted by Gasteiger charge is -2.18. The Bertz CT molecular complexity index is 771. The number of carbonyl (C=O) groups is 3. The van der Waals surface area contributed by atoms with Crippen LogP contribution >= 0.6 is 0 Å². The van der Waals surface area contributed by atoms with Crippen molar-refractivity contribution in [2.24, 2.45) is 0 Å². The largest absolute Gasteiger partial charge is 0.461 e. The minimum Gasteiger partial charge on any atom is -0.461 e. The topological polar surface area (TPSA) is 118 Å². The zero-order valence-electron chi connectivity index (χ0n) is 22.7. The van der Waals surface area contributed by atoms with Crippen molar-refractivity contribution in [2.45, 2.75) is 45.5 Å². The van der Waals surface area contributed by atoms with E-state index in [1.54, 1.807) is 0 Å². The van der Waals surface area contributed by atoms with E-state index in [9.17, 15) is 14.4 Å². The monoisotopic (exact) mass is 311 g/mol. The summed E-state index contributed by atoms with van der Waals surface area (Å²) < 4.78 is 95.4. The Morgan fingerprint density at radius 3 is 2.90 bits per heavy atom. The summed E-state index contributed by atoms with van der Waals surface area (Å²) in [5.74, 6) is -3.92. The highest BCUT2D eigenvalue weighted by Crippen LogP contribution is 2.03. The third-order valence-corrected chi connectivity index (χ3v) is 1.98. The number of nitrogens with zero attached hydrogens (tertiary/aromatic N) is 2. The van der Waals surface area contributed by atoms with Crippen molar-refractivity contribution in [3.63, 3.8) is 0 Å². The van der Waals surface area contributed by atoms with Gasteiger partial charge in [0.15, 0.2) is 0 Å². The van der Waals surface area contributed by atoms with Gasteiger partial charge in [0.2, 0.25) is 11.7 Å². The summed E-state index contributed by atoms with van der Waals surface area (Å²) in [5.41, 5.74) is 8.34. The van der Waals surface area contributed by atoms with E-state index in [1.165, 1.54) is 0 Å². The van der Waals surface area contributed by atoms with Gasteiger partial charge in [0.1, 0.15) is 12.6 Å². The fourth-order valence-corrected chi connectivity index (χ4v) is 1.17. The maximum atomic E-state index is 12.5. The Balaban J connectivity index is 5.69. The molecule has 0 aliphatic heterocycles. The molecule has 0 unspecified atom stereocenters. The standard InChI is InChI=1S/C13H21N3O5/c1-4-20-8-12(18)16-11(13(19)21-9(2)3)6-5-10(17)7-15-14/h7,9,11H,4-6,8H2,1-3H3,(H,16,18)/t11-/m0/s1/i1D3,2D3,3D3,4D2,9D. The lowest BCUT2D eigenvalue weighted by atomic mass is 10.1. The second kappa shape index (κ2) is 10.7. The fourth-order valence-electron chi connectivity index (χ4n) is 1.17. The van der Waals surface area contributed by atoms with Gasteiger partial charge in [-0.25, -0.2) is 4.79 Å². The molecule has 8 nitrogen and oxygen atoms in total. The summed E-state index contributed by atoms with van der Waals surface area (Å²) in [5, 5.41) is 1.87. The highest BCUT2D eigenvalue weighted by atomic mass is 16.5. The van der Waals surface area contributed by atoms with E-state index in [1.807, 2.05) is 5.32 Å². The van der Waals surface area contributed by atoms with Gasteiger partial charge < -0.3 is 20.3 Å². The van der Waals surface area contributed by atoms with Crippen molar-refractivity contribution in [2.75, 3.05) is 13.2 Å². The number of esters is 1. The number of hydrogen-bond donors (Lipinski definition) is 1. The van der Waals surface area contributed by atoms with Gasteiger partial charge in [-0.05, 0) is 27.0 Å². The maximum absolute atomic E-state index is 12.5. The van der Waals surface area contributed by atoms with E-state index in [-0.39, 0.29) is 0 Å². The van der Waals surface area contributed by atoms with Gasteiger partial charge >= 0.3 is 12.2 Å². The van der Waals surface area contributed by atoms with Gasteiger partial charge in [0.25, 0.3) is 0 Å². The third kappa shape index (κ3) is 9.48. The number of ketones is 1. The summed E-state index contributed by atoms with van der Waals surface area (Å²) in [7, 11) is 0. The van der Waals surface area contributed by atoms with E-state index in [4.69, 9.17) is 22.0 Å². The average molecular weight is 311 g/mol. The number of hydrogen-bond acceptors (Lipinski definition) is 5. The molecule has 0 rings (SSSR count). The Morgan fingerprint density at radius 2 is 2.29 bits per heavy atom. The number of ether oxygens (including phenoxy) is 2. The molecule has 118 valence electrons. The predicted octanol–water partition coefficient (Wildman–Crippen LogP) is 0.109. The number of amides is 1. The van der Waals surface area contributed by atoms with Crippen LogP contribution in [-0.2, 0) is 23.9 Å². The van der Waals surface area contributed by atoms with Crippen LogP contribution in [0.2, 0.25) is 0 Å². The molecule has 0 spiro atoms. The van der Waals surface area contributed by atoms with Gasteiger partial charge in [0.05, 0.1) is 10.2 Å². The van der Waals surface area contributed by atoms with E-state index in [0.29, 0.717) is 6.21 Å². The van der Waals surface area contributed by atoms with Crippen molar-refractivity contribution >= 4 is 23.9 Å². The Kier molecular flexibility index (Phi) is 3.47. The lowest BCUT2D eigenvalue weighted by Crippen LogP contribution is -2.44. The molecule has 0 saturated carbocycles. The van der Waals surface area contributed by atoms with Crippen LogP contribution in [0.4, 0.5) is 0 Å². The van der Waals surface area contributed by atoms with E-state index < -0.39 is 76.3 Å². The van der Waals surface area contributed by atoms with Gasteiger partial charge in [-0.2, -0.15) is 4.79 Å². The molecule has 0 bridgehead atoms. The predicted molar refractivity (Wildman–Crippen MR) is 73.6 cm³/mol. The van der Waals surface area contributed by atoms with Crippen LogP contribution in [0.5, 0.6) is 0 Å². The molecule has 8 heteroatoms. The third-order valence-electron chi connectivity index (χ3n) is 1.98. The highest BCUT2D eigenvalue weighted by molar-refractivity contribution is 6.25. The van der Waals surface area contributed by atoms with Crippen molar-refractivity contribution in [3.8, 4) is 0 Å². The van der Waals surface area contributed by atoms with Crippen LogP contribution < -0.4 is 5.32 Å². The van der Waals surface area contributed by atoms with Crippen LogP contribution in [0.3, 0.4) is 0 Å². The molecule has 0 aliphatic carbocycles. The number of rotatable bonds is 10. The number of nitrogens with one attached hydrogen (secondary N) is 1.